The van der Waals surface area contributed by atoms with E-state index < -0.39 is 0 Å². The summed E-state index contributed by atoms with van der Waals surface area (Å²) < 4.78 is 0. The number of pyridine rings is 1. The van der Waals surface area contributed by atoms with Gasteiger partial charge in [-0.1, -0.05) is 52.4 Å². The van der Waals surface area contributed by atoms with Gasteiger partial charge in [-0.05, 0) is 55.2 Å². The van der Waals surface area contributed by atoms with Crippen molar-refractivity contribution in [2.75, 3.05) is 10.2 Å². The number of rotatable bonds is 3. The summed E-state index contributed by atoms with van der Waals surface area (Å²) in [5, 5.41) is 11.5. The molecule has 0 saturated carbocycles. The first kappa shape index (κ1) is 19.2. The van der Waals surface area contributed by atoms with Crippen LogP contribution in [0.3, 0.4) is 0 Å². The van der Waals surface area contributed by atoms with Gasteiger partial charge in [-0.3, -0.25) is 10.1 Å². The number of aromatic nitrogens is 3. The molecule has 0 fully saturated rings. The topological polar surface area (TPSA) is 53.6 Å². The Balaban J connectivity index is 0.000000948. The van der Waals surface area contributed by atoms with Crippen molar-refractivity contribution in [2.45, 2.75) is 32.6 Å². The lowest BCUT2D eigenvalue weighted by atomic mass is 9.93. The lowest BCUT2D eigenvalue weighted by Gasteiger charge is -2.20. The lowest BCUT2D eigenvalue weighted by Crippen LogP contribution is -2.10. The molecule has 4 nitrogen and oxygen atoms in total. The van der Waals surface area contributed by atoms with E-state index in [4.69, 9.17) is 16.6 Å². The Kier molecular flexibility index (Phi) is 6.53. The van der Waals surface area contributed by atoms with Crippen LogP contribution in [0, 0.1) is 6.92 Å². The molecular weight excluding hydrogens is 459 g/mol. The molecule has 0 saturated heterocycles. The van der Waals surface area contributed by atoms with Crippen molar-refractivity contribution in [3.63, 3.8) is 0 Å². The molecule has 0 bridgehead atoms. The number of aromatic amines is 1. The highest BCUT2D eigenvalue weighted by Gasteiger charge is 2.18. The second kappa shape index (κ2) is 8.86. The van der Waals surface area contributed by atoms with E-state index in [1.54, 1.807) is 0 Å². The second-order valence-electron chi connectivity index (χ2n) is 6.23. The second-order valence-corrected chi connectivity index (χ2v) is 6.64. The third-order valence-electron chi connectivity index (χ3n) is 4.42. The van der Waals surface area contributed by atoms with E-state index in [-0.39, 0.29) is 0 Å². The van der Waals surface area contributed by atoms with Crippen LogP contribution in [0.4, 0.5) is 11.5 Å². The van der Waals surface area contributed by atoms with E-state index in [0.717, 1.165) is 46.3 Å². The van der Waals surface area contributed by atoms with Gasteiger partial charge in [0.05, 0.1) is 5.69 Å². The molecule has 1 aliphatic carbocycles. The number of anilines is 2. The summed E-state index contributed by atoms with van der Waals surface area (Å²) in [5.41, 5.74) is 6.48. The summed E-state index contributed by atoms with van der Waals surface area (Å²) in [6, 6.07) is 12.0. The molecular formula is C20H22ClIN4. The summed E-state index contributed by atoms with van der Waals surface area (Å²) in [5.74, 6) is 0.830. The quantitative estimate of drug-likeness (QED) is 0.351. The maximum atomic E-state index is 6.38. The maximum Gasteiger partial charge on any atom is 0.152 e. The van der Waals surface area contributed by atoms with Gasteiger partial charge in [0.25, 0.3) is 0 Å². The third kappa shape index (κ3) is 4.20. The minimum Gasteiger partial charge on any atom is -0.338 e. The van der Waals surface area contributed by atoms with Crippen molar-refractivity contribution < 1.29 is 0 Å². The van der Waals surface area contributed by atoms with Crippen molar-refractivity contribution >= 4 is 45.7 Å². The zero-order chi connectivity index (χ0) is 18.5. The minimum atomic E-state index is 0.724. The Bertz CT molecular complexity index is 891. The van der Waals surface area contributed by atoms with Gasteiger partial charge in [0.15, 0.2) is 5.82 Å². The first-order valence-electron chi connectivity index (χ1n) is 8.65. The summed E-state index contributed by atoms with van der Waals surface area (Å²) in [7, 11) is 0. The molecule has 4 rings (SSSR count). The summed E-state index contributed by atoms with van der Waals surface area (Å²) in [4.78, 5) is 6.87. The van der Waals surface area contributed by atoms with Crippen LogP contribution in [0.25, 0.3) is 11.3 Å². The highest BCUT2D eigenvalue weighted by molar-refractivity contribution is 14.1. The zero-order valence-electron chi connectivity index (χ0n) is 14.9. The average molecular weight is 481 g/mol. The molecule has 0 atom stereocenters. The van der Waals surface area contributed by atoms with E-state index in [0.29, 0.717) is 0 Å². The van der Waals surface area contributed by atoms with Gasteiger partial charge in [0.2, 0.25) is 0 Å². The number of H-pyrrole nitrogens is 1. The normalized spacial score (nSPS) is 12.8. The van der Waals surface area contributed by atoms with E-state index >= 15 is 0 Å². The number of hydrogen-bond acceptors (Lipinski definition) is 3. The molecule has 0 amide bonds. The van der Waals surface area contributed by atoms with Gasteiger partial charge in [-0.25, -0.2) is 0 Å². The molecule has 3 aromatic rings. The van der Waals surface area contributed by atoms with E-state index in [2.05, 4.69) is 44.2 Å². The van der Waals surface area contributed by atoms with Crippen molar-refractivity contribution in [3.05, 3.63) is 58.4 Å². The number of aryl methyl sites for hydroxylation is 2. The average Bonchev–Trinajstić information content (AvgIpc) is 3.08. The van der Waals surface area contributed by atoms with Crippen molar-refractivity contribution in [2.24, 2.45) is 0 Å². The highest BCUT2D eigenvalue weighted by Crippen LogP contribution is 2.34. The standard InChI is InChI=1S/C19H19ClN4.CH3I/c1-12-10-19(24-23-12)22-18-11-17(13-6-2-4-8-15(13)20)21-16-9-5-3-7-14(16)18;1-2/h2,4,6,8,10-11H,3,5,7,9H2,1H3,(H2,21,22,23,24);1H3. The van der Waals surface area contributed by atoms with Crippen molar-refractivity contribution in [3.8, 4) is 11.3 Å². The fourth-order valence-corrected chi connectivity index (χ4v) is 3.48. The number of nitrogens with zero attached hydrogens (tertiary/aromatic N) is 2. The molecule has 2 aromatic heterocycles. The van der Waals surface area contributed by atoms with E-state index in [1.165, 1.54) is 24.1 Å². The van der Waals surface area contributed by atoms with Crippen LogP contribution in [-0.4, -0.2) is 20.1 Å². The lowest BCUT2D eigenvalue weighted by molar-refractivity contribution is 0.670. The summed E-state index contributed by atoms with van der Waals surface area (Å²) >= 11 is 8.53. The fourth-order valence-electron chi connectivity index (χ4n) is 3.24. The van der Waals surface area contributed by atoms with Crippen LogP contribution in [0.1, 0.15) is 29.8 Å². The maximum absolute atomic E-state index is 6.38. The molecule has 6 heteroatoms. The van der Waals surface area contributed by atoms with Crippen LogP contribution in [0.15, 0.2) is 36.4 Å². The largest absolute Gasteiger partial charge is 0.338 e. The van der Waals surface area contributed by atoms with Crippen LogP contribution in [0.5, 0.6) is 0 Å². The Labute approximate surface area is 172 Å². The predicted octanol–water partition coefficient (Wildman–Crippen LogP) is 6.11. The minimum absolute atomic E-state index is 0.724. The van der Waals surface area contributed by atoms with E-state index in [9.17, 15) is 0 Å². The number of hydrogen-bond donors (Lipinski definition) is 2. The van der Waals surface area contributed by atoms with Crippen LogP contribution < -0.4 is 5.32 Å². The molecule has 2 heterocycles. The monoisotopic (exact) mass is 480 g/mol. The molecule has 26 heavy (non-hydrogen) atoms. The van der Waals surface area contributed by atoms with Gasteiger partial charge in [0.1, 0.15) is 0 Å². The van der Waals surface area contributed by atoms with Gasteiger partial charge in [0, 0.05) is 33.7 Å². The Morgan fingerprint density at radius 1 is 1.12 bits per heavy atom. The Hall–Kier alpha value is -1.60. The summed E-state index contributed by atoms with van der Waals surface area (Å²) in [6.07, 6.45) is 4.46. The van der Waals surface area contributed by atoms with Gasteiger partial charge in [-0.15, -0.1) is 0 Å². The van der Waals surface area contributed by atoms with Gasteiger partial charge >= 0.3 is 0 Å². The predicted molar refractivity (Wildman–Crippen MR) is 118 cm³/mol. The molecule has 136 valence electrons. The van der Waals surface area contributed by atoms with Crippen molar-refractivity contribution in [1.82, 2.24) is 15.2 Å². The first-order valence-corrected chi connectivity index (χ1v) is 11.2. The smallest absolute Gasteiger partial charge is 0.152 e. The number of fused-ring (bicyclic) bond motifs is 1. The molecule has 0 spiro atoms. The number of halogens is 2. The molecule has 0 radical (unpaired) electrons. The zero-order valence-corrected chi connectivity index (χ0v) is 17.9. The Morgan fingerprint density at radius 3 is 2.62 bits per heavy atom. The molecule has 2 N–H and O–H groups in total. The third-order valence-corrected chi connectivity index (χ3v) is 4.75. The number of alkyl halides is 1. The number of benzene rings is 1. The highest BCUT2D eigenvalue weighted by atomic mass is 127. The fraction of sp³-hybridized carbons (Fsp3) is 0.300. The van der Waals surface area contributed by atoms with Crippen molar-refractivity contribution in [1.29, 1.82) is 0 Å². The van der Waals surface area contributed by atoms with Crippen LogP contribution in [0.2, 0.25) is 5.02 Å². The van der Waals surface area contributed by atoms with Crippen LogP contribution >= 0.6 is 34.2 Å². The molecule has 1 aromatic carbocycles. The SMILES string of the molecule is CI.Cc1cc(Nc2cc(-c3ccccc3Cl)nc3c2CCCC3)n[nH]1. The Morgan fingerprint density at radius 2 is 1.88 bits per heavy atom. The summed E-state index contributed by atoms with van der Waals surface area (Å²) in [6.45, 7) is 2.00. The molecule has 1 aliphatic rings. The van der Waals surface area contributed by atoms with Gasteiger partial charge in [-0.2, -0.15) is 5.10 Å². The first-order chi connectivity index (χ1) is 12.7. The van der Waals surface area contributed by atoms with Crippen LogP contribution in [-0.2, 0) is 12.8 Å². The molecule has 0 aliphatic heterocycles. The molecule has 0 unspecified atom stereocenters. The number of nitrogens with one attached hydrogen (secondary N) is 2. The van der Waals surface area contributed by atoms with E-state index in [1.807, 2.05) is 42.2 Å². The van der Waals surface area contributed by atoms with Gasteiger partial charge < -0.3 is 5.32 Å².